The van der Waals surface area contributed by atoms with Crippen LogP contribution in [0.4, 0.5) is 14.5 Å². The topological polar surface area (TPSA) is 101 Å². The Balaban J connectivity index is 2.81. The van der Waals surface area contributed by atoms with Gasteiger partial charge < -0.3 is 11.1 Å². The van der Waals surface area contributed by atoms with Crippen LogP contribution in [0.25, 0.3) is 0 Å². The maximum atomic E-state index is 13.5. The molecule has 21 heavy (non-hydrogen) atoms. The van der Waals surface area contributed by atoms with Gasteiger partial charge in [0.25, 0.3) is 0 Å². The average Bonchev–Trinajstić information content (AvgIpc) is 2.38. The first kappa shape index (κ1) is 17.3. The van der Waals surface area contributed by atoms with E-state index in [1.54, 1.807) is 0 Å². The van der Waals surface area contributed by atoms with Gasteiger partial charge in [0, 0.05) is 12.2 Å². The summed E-state index contributed by atoms with van der Waals surface area (Å²) in [5, 5.41) is 2.49. The summed E-state index contributed by atoms with van der Waals surface area (Å²) in [7, 11) is -4.38. The molecule has 0 bridgehead atoms. The average molecular weight is 321 g/mol. The van der Waals surface area contributed by atoms with Gasteiger partial charge in [0.1, 0.15) is 4.90 Å². The van der Waals surface area contributed by atoms with Crippen LogP contribution >= 0.6 is 0 Å². The molecule has 9 heteroatoms. The summed E-state index contributed by atoms with van der Waals surface area (Å²) >= 11 is 0. The summed E-state index contributed by atoms with van der Waals surface area (Å²) in [5.41, 5.74) is 5.05. The molecule has 1 aromatic rings. The highest BCUT2D eigenvalue weighted by Gasteiger charge is 2.23. The van der Waals surface area contributed by atoms with E-state index in [1.807, 2.05) is 18.6 Å². The van der Waals surface area contributed by atoms with Gasteiger partial charge in [-0.05, 0) is 18.1 Å². The highest BCUT2D eigenvalue weighted by Crippen LogP contribution is 2.20. The molecule has 0 atom stereocenters. The van der Waals surface area contributed by atoms with Gasteiger partial charge in [0.2, 0.25) is 15.9 Å². The quantitative estimate of drug-likeness (QED) is 0.668. The molecule has 0 saturated carbocycles. The number of carbonyl (C=O) groups is 1. The Kier molecular flexibility index (Phi) is 5.62. The second-order valence-corrected chi connectivity index (χ2v) is 6.57. The summed E-state index contributed by atoms with van der Waals surface area (Å²) in [6.45, 7) is 3.54. The molecular weight excluding hydrogens is 304 g/mol. The van der Waals surface area contributed by atoms with Crippen molar-refractivity contribution in [2.24, 2.45) is 5.92 Å². The van der Waals surface area contributed by atoms with Crippen molar-refractivity contribution in [3.05, 3.63) is 23.8 Å². The van der Waals surface area contributed by atoms with Crippen molar-refractivity contribution in [1.29, 1.82) is 0 Å². The minimum absolute atomic E-state index is 0.200. The Morgan fingerprint density at radius 3 is 2.52 bits per heavy atom. The van der Waals surface area contributed by atoms with E-state index in [0.717, 1.165) is 6.07 Å². The number of carbonyl (C=O) groups excluding carboxylic acids is 1. The number of nitrogens with two attached hydrogens (primary N) is 1. The number of amides is 1. The number of anilines is 1. The largest absolute Gasteiger partial charge is 0.399 e. The lowest BCUT2D eigenvalue weighted by molar-refractivity contribution is -0.120. The van der Waals surface area contributed by atoms with E-state index in [0.29, 0.717) is 12.6 Å². The first-order chi connectivity index (χ1) is 9.63. The van der Waals surface area contributed by atoms with Crippen LogP contribution in [-0.4, -0.2) is 27.4 Å². The Hall–Kier alpha value is -1.74. The molecule has 0 fully saturated rings. The molecule has 0 heterocycles. The standard InChI is InChI=1S/C12H17F2N3O3S/c1-7(2)5-16-11(18)6-17-21(19,20)10-4-8(15)3-9(13)12(10)14/h3-4,7,17H,5-6,15H2,1-2H3,(H,16,18). The Morgan fingerprint density at radius 1 is 1.33 bits per heavy atom. The van der Waals surface area contributed by atoms with Gasteiger partial charge in [-0.3, -0.25) is 4.79 Å². The van der Waals surface area contributed by atoms with Gasteiger partial charge in [-0.2, -0.15) is 0 Å². The van der Waals surface area contributed by atoms with Crippen molar-refractivity contribution in [2.75, 3.05) is 18.8 Å². The van der Waals surface area contributed by atoms with Gasteiger partial charge in [-0.1, -0.05) is 13.8 Å². The van der Waals surface area contributed by atoms with Gasteiger partial charge in [0.15, 0.2) is 11.6 Å². The second-order valence-electron chi connectivity index (χ2n) is 4.84. The zero-order chi connectivity index (χ0) is 16.2. The zero-order valence-corrected chi connectivity index (χ0v) is 12.4. The third-order valence-electron chi connectivity index (χ3n) is 2.44. The summed E-state index contributed by atoms with van der Waals surface area (Å²) in [6, 6.07) is 1.45. The van der Waals surface area contributed by atoms with E-state index >= 15 is 0 Å². The molecule has 0 spiro atoms. The number of nitrogen functional groups attached to an aromatic ring is 1. The lowest BCUT2D eigenvalue weighted by Gasteiger charge is -2.10. The monoisotopic (exact) mass is 321 g/mol. The molecule has 1 rings (SSSR count). The lowest BCUT2D eigenvalue weighted by atomic mass is 10.2. The number of halogens is 2. The van der Waals surface area contributed by atoms with E-state index < -0.39 is 39.0 Å². The van der Waals surface area contributed by atoms with E-state index in [9.17, 15) is 22.0 Å². The summed E-state index contributed by atoms with van der Waals surface area (Å²) in [5.74, 6) is -3.29. The molecule has 0 radical (unpaired) electrons. The summed E-state index contributed by atoms with van der Waals surface area (Å²) in [4.78, 5) is 10.5. The van der Waals surface area contributed by atoms with E-state index in [4.69, 9.17) is 5.73 Å². The smallest absolute Gasteiger partial charge is 0.244 e. The Morgan fingerprint density at radius 2 is 1.95 bits per heavy atom. The van der Waals surface area contributed by atoms with Crippen LogP contribution in [0.2, 0.25) is 0 Å². The van der Waals surface area contributed by atoms with Gasteiger partial charge >= 0.3 is 0 Å². The highest BCUT2D eigenvalue weighted by molar-refractivity contribution is 7.89. The summed E-state index contributed by atoms with van der Waals surface area (Å²) < 4.78 is 52.2. The number of sulfonamides is 1. The third kappa shape index (κ3) is 4.94. The SMILES string of the molecule is CC(C)CNC(=O)CNS(=O)(=O)c1cc(N)cc(F)c1F. The predicted molar refractivity (Wildman–Crippen MR) is 73.8 cm³/mol. The Labute approximate surface area is 121 Å². The zero-order valence-electron chi connectivity index (χ0n) is 11.6. The van der Waals surface area contributed by atoms with Gasteiger partial charge in [0.05, 0.1) is 6.54 Å². The first-order valence-corrected chi connectivity index (χ1v) is 7.62. The lowest BCUT2D eigenvalue weighted by Crippen LogP contribution is -2.38. The predicted octanol–water partition coefficient (Wildman–Crippen LogP) is 0.598. The molecule has 1 amide bonds. The molecule has 0 aliphatic carbocycles. The third-order valence-corrected chi connectivity index (χ3v) is 3.84. The van der Waals surface area contributed by atoms with Crippen LogP contribution < -0.4 is 15.8 Å². The molecule has 0 aliphatic rings. The fourth-order valence-electron chi connectivity index (χ4n) is 1.40. The number of nitrogens with one attached hydrogen (secondary N) is 2. The maximum Gasteiger partial charge on any atom is 0.244 e. The van der Waals surface area contributed by atoms with Crippen molar-refractivity contribution in [3.63, 3.8) is 0 Å². The number of rotatable bonds is 6. The highest BCUT2D eigenvalue weighted by atomic mass is 32.2. The van der Waals surface area contributed by atoms with Crippen LogP contribution in [0.5, 0.6) is 0 Å². The fourth-order valence-corrected chi connectivity index (χ4v) is 2.50. The molecule has 1 aromatic carbocycles. The van der Waals surface area contributed by atoms with Crippen molar-refractivity contribution < 1.29 is 22.0 Å². The maximum absolute atomic E-state index is 13.5. The van der Waals surface area contributed by atoms with Crippen LogP contribution in [0, 0.1) is 17.6 Å². The van der Waals surface area contributed by atoms with Crippen molar-refractivity contribution in [2.45, 2.75) is 18.7 Å². The summed E-state index contributed by atoms with van der Waals surface area (Å²) in [6.07, 6.45) is 0. The van der Waals surface area contributed by atoms with Crippen LogP contribution in [-0.2, 0) is 14.8 Å². The van der Waals surface area contributed by atoms with Crippen molar-refractivity contribution in [1.82, 2.24) is 10.0 Å². The molecule has 0 aliphatic heterocycles. The van der Waals surface area contributed by atoms with Gasteiger partial charge in [-0.15, -0.1) is 0 Å². The van der Waals surface area contributed by atoms with Crippen LogP contribution in [0.1, 0.15) is 13.8 Å². The number of hydrogen-bond donors (Lipinski definition) is 3. The van der Waals surface area contributed by atoms with Crippen LogP contribution in [0.3, 0.4) is 0 Å². The molecular formula is C12H17F2N3O3S. The molecule has 118 valence electrons. The molecule has 0 saturated heterocycles. The second kappa shape index (κ2) is 6.81. The normalized spacial score (nSPS) is 11.7. The van der Waals surface area contributed by atoms with Crippen molar-refractivity contribution >= 4 is 21.6 Å². The van der Waals surface area contributed by atoms with Gasteiger partial charge in [-0.25, -0.2) is 21.9 Å². The minimum atomic E-state index is -4.38. The molecule has 4 N–H and O–H groups in total. The minimum Gasteiger partial charge on any atom is -0.399 e. The number of hydrogen-bond acceptors (Lipinski definition) is 4. The Bertz CT molecular complexity index is 633. The number of benzene rings is 1. The van der Waals surface area contributed by atoms with Crippen LogP contribution in [0.15, 0.2) is 17.0 Å². The fraction of sp³-hybridized carbons (Fsp3) is 0.417. The molecule has 0 aromatic heterocycles. The van der Waals surface area contributed by atoms with Crippen molar-refractivity contribution in [3.8, 4) is 0 Å². The van der Waals surface area contributed by atoms with E-state index in [1.165, 1.54) is 0 Å². The molecule has 6 nitrogen and oxygen atoms in total. The van der Waals surface area contributed by atoms with E-state index in [-0.39, 0.29) is 11.6 Å². The first-order valence-electron chi connectivity index (χ1n) is 6.14. The molecule has 0 unspecified atom stereocenters. The van der Waals surface area contributed by atoms with E-state index in [2.05, 4.69) is 5.32 Å².